The number of nitrogens with zero attached hydrogens (tertiary/aromatic N) is 2. The van der Waals surface area contributed by atoms with E-state index in [0.29, 0.717) is 19.0 Å². The standard InChI is InChI=1S/C16H19ClN4O2/c1-23-9-8-19-16(22)14-10-21-15(11-20-14)18-7-6-12-2-4-13(17)5-3-12/h2-5,10-11H,6-9H2,1H3,(H,18,21)(H,19,22). The molecule has 7 heteroatoms. The highest BCUT2D eigenvalue weighted by atomic mass is 35.5. The van der Waals surface area contributed by atoms with Crippen molar-refractivity contribution in [1.29, 1.82) is 0 Å². The molecule has 23 heavy (non-hydrogen) atoms. The highest BCUT2D eigenvalue weighted by molar-refractivity contribution is 6.30. The first kappa shape index (κ1) is 17.2. The third kappa shape index (κ3) is 5.84. The number of amides is 1. The second-order valence-corrected chi connectivity index (χ2v) is 5.28. The average Bonchev–Trinajstić information content (AvgIpc) is 2.57. The maximum absolute atomic E-state index is 11.8. The number of carbonyl (C=O) groups excluding carboxylic acids is 1. The molecule has 0 unspecified atom stereocenters. The highest BCUT2D eigenvalue weighted by Crippen LogP contribution is 2.10. The number of hydrogen-bond donors (Lipinski definition) is 2. The zero-order valence-electron chi connectivity index (χ0n) is 12.9. The van der Waals surface area contributed by atoms with Gasteiger partial charge in [0.15, 0.2) is 0 Å². The molecule has 0 atom stereocenters. The minimum absolute atomic E-state index is 0.262. The Bertz CT molecular complexity index is 617. The summed E-state index contributed by atoms with van der Waals surface area (Å²) in [6, 6.07) is 7.72. The zero-order valence-corrected chi connectivity index (χ0v) is 13.6. The first-order chi connectivity index (χ1) is 11.2. The van der Waals surface area contributed by atoms with Gasteiger partial charge in [-0.1, -0.05) is 23.7 Å². The quantitative estimate of drug-likeness (QED) is 0.723. The molecule has 6 nitrogen and oxygen atoms in total. The summed E-state index contributed by atoms with van der Waals surface area (Å²) in [5, 5.41) is 6.59. The molecule has 1 heterocycles. The molecule has 0 saturated heterocycles. The second-order valence-electron chi connectivity index (χ2n) is 4.84. The molecular formula is C16H19ClN4O2. The third-order valence-corrected chi connectivity index (χ3v) is 3.36. The molecule has 2 aromatic rings. The summed E-state index contributed by atoms with van der Waals surface area (Å²) in [7, 11) is 1.58. The SMILES string of the molecule is COCCNC(=O)c1cnc(NCCc2ccc(Cl)cc2)cn1. The molecule has 2 rings (SSSR count). The maximum Gasteiger partial charge on any atom is 0.271 e. The first-order valence-corrected chi connectivity index (χ1v) is 7.64. The van der Waals surface area contributed by atoms with Crippen LogP contribution < -0.4 is 10.6 Å². The number of ether oxygens (including phenoxy) is 1. The van der Waals surface area contributed by atoms with E-state index in [1.807, 2.05) is 24.3 Å². The van der Waals surface area contributed by atoms with Crippen LogP contribution in [0.25, 0.3) is 0 Å². The van der Waals surface area contributed by atoms with Gasteiger partial charge >= 0.3 is 0 Å². The number of benzene rings is 1. The van der Waals surface area contributed by atoms with Crippen molar-refractivity contribution in [3.63, 3.8) is 0 Å². The molecule has 0 bridgehead atoms. The van der Waals surface area contributed by atoms with Crippen LogP contribution >= 0.6 is 11.6 Å². The van der Waals surface area contributed by atoms with Crippen LogP contribution in [0.5, 0.6) is 0 Å². The summed E-state index contributed by atoms with van der Waals surface area (Å²) in [5.41, 5.74) is 1.47. The topological polar surface area (TPSA) is 76.1 Å². The van der Waals surface area contributed by atoms with E-state index in [1.54, 1.807) is 13.3 Å². The number of nitrogens with one attached hydrogen (secondary N) is 2. The van der Waals surface area contributed by atoms with Crippen LogP contribution in [0.4, 0.5) is 5.82 Å². The Hall–Kier alpha value is -2.18. The predicted molar refractivity (Wildman–Crippen MR) is 89.9 cm³/mol. The molecule has 0 aliphatic heterocycles. The Kier molecular flexibility index (Phi) is 6.77. The van der Waals surface area contributed by atoms with Crippen molar-refractivity contribution in [3.05, 3.63) is 52.9 Å². The minimum atomic E-state index is -0.262. The fourth-order valence-corrected chi connectivity index (χ4v) is 2.01. The summed E-state index contributed by atoms with van der Waals surface area (Å²) in [6.07, 6.45) is 3.85. The lowest BCUT2D eigenvalue weighted by atomic mass is 10.1. The number of carbonyl (C=O) groups is 1. The van der Waals surface area contributed by atoms with Crippen LogP contribution in [0.1, 0.15) is 16.1 Å². The van der Waals surface area contributed by atoms with Gasteiger partial charge in [0.05, 0.1) is 19.0 Å². The van der Waals surface area contributed by atoms with Crippen molar-refractivity contribution in [1.82, 2.24) is 15.3 Å². The van der Waals surface area contributed by atoms with E-state index < -0.39 is 0 Å². The van der Waals surface area contributed by atoms with Gasteiger partial charge in [-0.25, -0.2) is 9.97 Å². The van der Waals surface area contributed by atoms with E-state index in [2.05, 4.69) is 20.6 Å². The number of halogens is 1. The van der Waals surface area contributed by atoms with E-state index in [4.69, 9.17) is 16.3 Å². The molecular weight excluding hydrogens is 316 g/mol. The van der Waals surface area contributed by atoms with Crippen LogP contribution in [0, 0.1) is 0 Å². The largest absolute Gasteiger partial charge is 0.383 e. The van der Waals surface area contributed by atoms with Crippen molar-refractivity contribution in [2.45, 2.75) is 6.42 Å². The summed E-state index contributed by atoms with van der Waals surface area (Å²) in [4.78, 5) is 20.0. The molecule has 0 spiro atoms. The summed E-state index contributed by atoms with van der Waals surface area (Å²) < 4.78 is 4.87. The van der Waals surface area contributed by atoms with E-state index >= 15 is 0 Å². The van der Waals surface area contributed by atoms with Gasteiger partial charge < -0.3 is 15.4 Å². The van der Waals surface area contributed by atoms with E-state index in [1.165, 1.54) is 11.8 Å². The van der Waals surface area contributed by atoms with Crippen LogP contribution in [0.15, 0.2) is 36.7 Å². The van der Waals surface area contributed by atoms with Crippen molar-refractivity contribution in [2.24, 2.45) is 0 Å². The van der Waals surface area contributed by atoms with Gasteiger partial charge in [-0.2, -0.15) is 0 Å². The van der Waals surface area contributed by atoms with E-state index in [0.717, 1.165) is 18.0 Å². The van der Waals surface area contributed by atoms with Crippen molar-refractivity contribution >= 4 is 23.3 Å². The van der Waals surface area contributed by atoms with Crippen LogP contribution in [0.3, 0.4) is 0 Å². The van der Waals surface area contributed by atoms with E-state index in [9.17, 15) is 4.79 Å². The maximum atomic E-state index is 11.8. The van der Waals surface area contributed by atoms with Gasteiger partial charge in [0, 0.05) is 25.2 Å². The summed E-state index contributed by atoms with van der Waals surface area (Å²) in [5.74, 6) is 0.370. The number of hydrogen-bond acceptors (Lipinski definition) is 5. The van der Waals surface area contributed by atoms with Gasteiger partial charge in [-0.3, -0.25) is 4.79 Å². The Labute approximate surface area is 140 Å². The minimum Gasteiger partial charge on any atom is -0.383 e. The van der Waals surface area contributed by atoms with Gasteiger partial charge in [-0.05, 0) is 24.1 Å². The van der Waals surface area contributed by atoms with Crippen molar-refractivity contribution in [3.8, 4) is 0 Å². The second kappa shape index (κ2) is 9.07. The molecule has 0 aliphatic carbocycles. The number of anilines is 1. The third-order valence-electron chi connectivity index (χ3n) is 3.11. The summed E-state index contributed by atoms with van der Waals surface area (Å²) >= 11 is 5.85. The highest BCUT2D eigenvalue weighted by Gasteiger charge is 2.07. The molecule has 1 aromatic heterocycles. The lowest BCUT2D eigenvalue weighted by Crippen LogP contribution is -2.27. The lowest BCUT2D eigenvalue weighted by Gasteiger charge is -2.07. The normalized spacial score (nSPS) is 10.3. The Morgan fingerprint density at radius 1 is 1.17 bits per heavy atom. The fraction of sp³-hybridized carbons (Fsp3) is 0.312. The Morgan fingerprint density at radius 3 is 2.61 bits per heavy atom. The number of methoxy groups -OCH3 is 1. The molecule has 0 radical (unpaired) electrons. The molecule has 2 N–H and O–H groups in total. The van der Waals surface area contributed by atoms with Crippen LogP contribution in [0.2, 0.25) is 5.02 Å². The van der Waals surface area contributed by atoms with Crippen molar-refractivity contribution < 1.29 is 9.53 Å². The van der Waals surface area contributed by atoms with Crippen molar-refractivity contribution in [2.75, 3.05) is 32.1 Å². The smallest absolute Gasteiger partial charge is 0.271 e. The first-order valence-electron chi connectivity index (χ1n) is 7.26. The van der Waals surface area contributed by atoms with Crippen LogP contribution in [-0.2, 0) is 11.2 Å². The van der Waals surface area contributed by atoms with Gasteiger partial charge in [0.1, 0.15) is 11.5 Å². The zero-order chi connectivity index (χ0) is 16.5. The lowest BCUT2D eigenvalue weighted by molar-refractivity contribution is 0.0932. The van der Waals surface area contributed by atoms with Gasteiger partial charge in [0.2, 0.25) is 0 Å². The predicted octanol–water partition coefficient (Wildman–Crippen LogP) is 2.16. The fourth-order valence-electron chi connectivity index (χ4n) is 1.88. The Morgan fingerprint density at radius 2 is 1.96 bits per heavy atom. The van der Waals surface area contributed by atoms with E-state index in [-0.39, 0.29) is 11.6 Å². The molecule has 0 fully saturated rings. The number of rotatable bonds is 8. The van der Waals surface area contributed by atoms with Gasteiger partial charge in [-0.15, -0.1) is 0 Å². The molecule has 1 amide bonds. The monoisotopic (exact) mass is 334 g/mol. The molecule has 1 aromatic carbocycles. The van der Waals surface area contributed by atoms with Crippen LogP contribution in [-0.4, -0.2) is 42.7 Å². The number of aromatic nitrogens is 2. The molecule has 122 valence electrons. The summed E-state index contributed by atoms with van der Waals surface area (Å²) in [6.45, 7) is 1.62. The average molecular weight is 335 g/mol. The Balaban J connectivity index is 1.78. The molecule has 0 saturated carbocycles. The molecule has 0 aliphatic rings. The van der Waals surface area contributed by atoms with Gasteiger partial charge in [0.25, 0.3) is 5.91 Å².